The number of rotatable bonds is 4. The summed E-state index contributed by atoms with van der Waals surface area (Å²) < 4.78 is 1.69. The van der Waals surface area contributed by atoms with Crippen molar-refractivity contribution in [3.05, 3.63) is 0 Å². The Bertz CT molecular complexity index is 290. The highest BCUT2D eigenvalue weighted by Crippen LogP contribution is 2.28. The van der Waals surface area contributed by atoms with E-state index in [-0.39, 0.29) is 0 Å². The van der Waals surface area contributed by atoms with E-state index in [0.29, 0.717) is 11.9 Å². The summed E-state index contributed by atoms with van der Waals surface area (Å²) in [5.74, 6) is 1.97. The van der Waals surface area contributed by atoms with Gasteiger partial charge < -0.3 is 11.1 Å². The second kappa shape index (κ2) is 5.58. The molecular formula is C10H21N5. The molecule has 0 unspecified atom stereocenters. The molecule has 0 atom stereocenters. The maximum atomic E-state index is 5.62. The molecule has 1 aliphatic rings. The lowest BCUT2D eigenvalue weighted by molar-refractivity contribution is 0.669. The number of anilines is 2. The lowest BCUT2D eigenvalue weighted by Gasteiger charge is -1.97. The minimum atomic E-state index is 0.487. The molecule has 0 saturated heterocycles. The van der Waals surface area contributed by atoms with Crippen molar-refractivity contribution in [2.75, 3.05) is 17.6 Å². The SMILES string of the molecule is CC.CCn1nc(NCC2CC2)nc1N. The van der Waals surface area contributed by atoms with E-state index in [0.717, 1.165) is 19.0 Å². The van der Waals surface area contributed by atoms with Crippen LogP contribution in [0.25, 0.3) is 0 Å². The number of hydrogen-bond acceptors (Lipinski definition) is 4. The Hall–Kier alpha value is -1.26. The molecule has 1 aromatic rings. The summed E-state index contributed by atoms with van der Waals surface area (Å²) in [7, 11) is 0. The largest absolute Gasteiger partial charge is 0.368 e. The summed E-state index contributed by atoms with van der Waals surface area (Å²) in [6.07, 6.45) is 2.66. The number of nitrogen functional groups attached to an aromatic ring is 1. The first-order valence-corrected chi connectivity index (χ1v) is 5.73. The van der Waals surface area contributed by atoms with Crippen LogP contribution in [0.2, 0.25) is 0 Å². The first-order chi connectivity index (χ1) is 7.29. The Labute approximate surface area is 91.1 Å². The summed E-state index contributed by atoms with van der Waals surface area (Å²) >= 11 is 0. The van der Waals surface area contributed by atoms with Gasteiger partial charge >= 0.3 is 0 Å². The van der Waals surface area contributed by atoms with E-state index < -0.39 is 0 Å². The van der Waals surface area contributed by atoms with Crippen molar-refractivity contribution < 1.29 is 0 Å². The predicted molar refractivity (Wildman–Crippen MR) is 62.7 cm³/mol. The molecular weight excluding hydrogens is 190 g/mol. The van der Waals surface area contributed by atoms with Crippen LogP contribution in [-0.2, 0) is 6.54 Å². The number of aromatic nitrogens is 3. The van der Waals surface area contributed by atoms with E-state index in [1.807, 2.05) is 20.8 Å². The second-order valence-corrected chi connectivity index (χ2v) is 3.43. The molecule has 0 spiro atoms. The van der Waals surface area contributed by atoms with Crippen molar-refractivity contribution in [1.82, 2.24) is 14.8 Å². The van der Waals surface area contributed by atoms with E-state index >= 15 is 0 Å². The molecule has 1 fully saturated rings. The molecule has 1 aromatic heterocycles. The minimum Gasteiger partial charge on any atom is -0.368 e. The van der Waals surface area contributed by atoms with Crippen molar-refractivity contribution in [2.24, 2.45) is 5.92 Å². The first kappa shape index (κ1) is 11.8. The summed E-state index contributed by atoms with van der Waals surface area (Å²) in [6, 6.07) is 0. The van der Waals surface area contributed by atoms with Crippen LogP contribution in [-0.4, -0.2) is 21.3 Å². The monoisotopic (exact) mass is 211 g/mol. The Morgan fingerprint density at radius 1 is 1.47 bits per heavy atom. The Balaban J connectivity index is 0.000000531. The average Bonchev–Trinajstić information content (AvgIpc) is 3.02. The highest BCUT2D eigenvalue weighted by Gasteiger charge is 2.21. The number of nitrogens with two attached hydrogens (primary N) is 1. The maximum Gasteiger partial charge on any atom is 0.243 e. The van der Waals surface area contributed by atoms with Crippen molar-refractivity contribution >= 4 is 11.9 Å². The summed E-state index contributed by atoms with van der Waals surface area (Å²) in [4.78, 5) is 4.10. The van der Waals surface area contributed by atoms with E-state index in [4.69, 9.17) is 5.73 Å². The average molecular weight is 211 g/mol. The van der Waals surface area contributed by atoms with E-state index in [9.17, 15) is 0 Å². The van der Waals surface area contributed by atoms with Crippen LogP contribution in [0, 0.1) is 5.92 Å². The highest BCUT2D eigenvalue weighted by atomic mass is 15.4. The van der Waals surface area contributed by atoms with E-state index in [2.05, 4.69) is 15.4 Å². The lowest BCUT2D eigenvalue weighted by Crippen LogP contribution is -2.05. The zero-order valence-corrected chi connectivity index (χ0v) is 9.82. The standard InChI is InChI=1S/C8H15N5.C2H6/c1-2-13-7(9)11-8(12-13)10-5-6-3-4-6;1-2/h6H,2-5H2,1H3,(H3,9,10,11,12);1-2H3. The molecule has 5 nitrogen and oxygen atoms in total. The van der Waals surface area contributed by atoms with E-state index in [1.54, 1.807) is 4.68 Å². The van der Waals surface area contributed by atoms with Gasteiger partial charge in [-0.1, -0.05) is 13.8 Å². The van der Waals surface area contributed by atoms with Crippen LogP contribution in [0.3, 0.4) is 0 Å². The topological polar surface area (TPSA) is 68.8 Å². The summed E-state index contributed by atoms with van der Waals surface area (Å²) in [6.45, 7) is 7.74. The van der Waals surface area contributed by atoms with Gasteiger partial charge in [0.15, 0.2) is 0 Å². The third kappa shape index (κ3) is 3.42. The Morgan fingerprint density at radius 3 is 2.60 bits per heavy atom. The Kier molecular flexibility index (Phi) is 4.39. The van der Waals surface area contributed by atoms with Gasteiger partial charge in [0.2, 0.25) is 11.9 Å². The fourth-order valence-electron chi connectivity index (χ4n) is 1.22. The Morgan fingerprint density at radius 2 is 2.13 bits per heavy atom. The molecule has 1 aliphatic carbocycles. The van der Waals surface area contributed by atoms with Crippen LogP contribution in [0.5, 0.6) is 0 Å². The zero-order valence-electron chi connectivity index (χ0n) is 9.82. The van der Waals surface area contributed by atoms with Crippen LogP contribution in [0.15, 0.2) is 0 Å². The van der Waals surface area contributed by atoms with Crippen LogP contribution in [0.4, 0.5) is 11.9 Å². The van der Waals surface area contributed by atoms with Crippen LogP contribution < -0.4 is 11.1 Å². The predicted octanol–water partition coefficient (Wildman–Crippen LogP) is 1.73. The molecule has 5 heteroatoms. The van der Waals surface area contributed by atoms with Crippen molar-refractivity contribution in [3.8, 4) is 0 Å². The van der Waals surface area contributed by atoms with Gasteiger partial charge in [-0.15, -0.1) is 5.10 Å². The molecule has 0 bridgehead atoms. The quantitative estimate of drug-likeness (QED) is 0.795. The molecule has 86 valence electrons. The van der Waals surface area contributed by atoms with Gasteiger partial charge in [0, 0.05) is 13.1 Å². The normalized spacial score (nSPS) is 14.3. The van der Waals surface area contributed by atoms with Gasteiger partial charge in [-0.2, -0.15) is 4.98 Å². The van der Waals surface area contributed by atoms with Gasteiger partial charge in [-0.05, 0) is 25.7 Å². The third-order valence-corrected chi connectivity index (χ3v) is 2.25. The lowest BCUT2D eigenvalue weighted by atomic mass is 10.4. The number of aryl methyl sites for hydroxylation is 1. The molecule has 15 heavy (non-hydrogen) atoms. The molecule has 0 aromatic carbocycles. The first-order valence-electron chi connectivity index (χ1n) is 5.73. The number of nitrogens with one attached hydrogen (secondary N) is 1. The van der Waals surface area contributed by atoms with Gasteiger partial charge in [0.05, 0.1) is 0 Å². The fraction of sp³-hybridized carbons (Fsp3) is 0.800. The van der Waals surface area contributed by atoms with Gasteiger partial charge in [-0.25, -0.2) is 4.68 Å². The van der Waals surface area contributed by atoms with Crippen LogP contribution >= 0.6 is 0 Å². The smallest absolute Gasteiger partial charge is 0.243 e. The van der Waals surface area contributed by atoms with Crippen molar-refractivity contribution in [1.29, 1.82) is 0 Å². The third-order valence-electron chi connectivity index (χ3n) is 2.25. The summed E-state index contributed by atoms with van der Waals surface area (Å²) in [5.41, 5.74) is 5.62. The molecule has 0 amide bonds. The molecule has 1 saturated carbocycles. The highest BCUT2D eigenvalue weighted by molar-refractivity contribution is 5.31. The molecule has 1 heterocycles. The molecule has 0 aliphatic heterocycles. The number of nitrogens with zero attached hydrogens (tertiary/aromatic N) is 3. The van der Waals surface area contributed by atoms with Crippen molar-refractivity contribution in [2.45, 2.75) is 40.2 Å². The number of hydrogen-bond donors (Lipinski definition) is 2. The second-order valence-electron chi connectivity index (χ2n) is 3.43. The van der Waals surface area contributed by atoms with Crippen LogP contribution in [0.1, 0.15) is 33.6 Å². The minimum absolute atomic E-state index is 0.487. The molecule has 0 radical (unpaired) electrons. The summed E-state index contributed by atoms with van der Waals surface area (Å²) in [5, 5.41) is 7.38. The molecule has 2 rings (SSSR count). The van der Waals surface area contributed by atoms with Gasteiger partial charge in [-0.3, -0.25) is 0 Å². The maximum absolute atomic E-state index is 5.62. The van der Waals surface area contributed by atoms with Gasteiger partial charge in [0.1, 0.15) is 0 Å². The van der Waals surface area contributed by atoms with Crippen molar-refractivity contribution in [3.63, 3.8) is 0 Å². The zero-order chi connectivity index (χ0) is 11.3. The van der Waals surface area contributed by atoms with E-state index in [1.165, 1.54) is 12.8 Å². The molecule has 3 N–H and O–H groups in total. The van der Waals surface area contributed by atoms with Gasteiger partial charge in [0.25, 0.3) is 0 Å². The fourth-order valence-corrected chi connectivity index (χ4v) is 1.22.